The number of fused-ring (bicyclic) bond motifs is 3. The quantitative estimate of drug-likeness (QED) is 0.422. The van der Waals surface area contributed by atoms with Gasteiger partial charge in [-0.15, -0.1) is 0 Å². The SMILES string of the molecule is O=CC(=O)C1c2cc(N3CC4CCC(C3)N4)ccc2CN1C1CCC(=O)NC1=O. The Balaban J connectivity index is 1.46. The molecule has 1 aromatic carbocycles. The second-order valence-electron chi connectivity index (χ2n) is 8.49. The van der Waals surface area contributed by atoms with Gasteiger partial charge in [0.1, 0.15) is 6.04 Å². The molecule has 8 heteroatoms. The molecule has 29 heavy (non-hydrogen) atoms. The fourth-order valence-corrected chi connectivity index (χ4v) is 5.32. The van der Waals surface area contributed by atoms with Crippen LogP contribution >= 0.6 is 0 Å². The van der Waals surface area contributed by atoms with Crippen molar-refractivity contribution in [3.05, 3.63) is 29.3 Å². The van der Waals surface area contributed by atoms with Gasteiger partial charge >= 0.3 is 0 Å². The van der Waals surface area contributed by atoms with Gasteiger partial charge in [-0.05, 0) is 42.5 Å². The first-order valence-electron chi connectivity index (χ1n) is 10.3. The Hall–Kier alpha value is -2.58. The molecule has 0 aliphatic carbocycles. The van der Waals surface area contributed by atoms with Gasteiger partial charge in [0.05, 0.1) is 6.04 Å². The number of amides is 2. The molecule has 8 nitrogen and oxygen atoms in total. The van der Waals surface area contributed by atoms with Gasteiger partial charge in [0.25, 0.3) is 0 Å². The monoisotopic (exact) mass is 396 g/mol. The van der Waals surface area contributed by atoms with Crippen LogP contribution in [0.1, 0.15) is 42.9 Å². The lowest BCUT2D eigenvalue weighted by molar-refractivity contribution is -0.141. The van der Waals surface area contributed by atoms with E-state index in [4.69, 9.17) is 0 Å². The summed E-state index contributed by atoms with van der Waals surface area (Å²) >= 11 is 0. The lowest BCUT2D eigenvalue weighted by Gasteiger charge is -2.35. The normalized spacial score (nSPS) is 31.5. The zero-order valence-electron chi connectivity index (χ0n) is 16.1. The molecule has 0 radical (unpaired) electrons. The number of carbonyl (C=O) groups excluding carboxylic acids is 4. The average molecular weight is 396 g/mol. The van der Waals surface area contributed by atoms with Gasteiger partial charge in [0.15, 0.2) is 6.29 Å². The highest BCUT2D eigenvalue weighted by atomic mass is 16.2. The predicted molar refractivity (Wildman–Crippen MR) is 104 cm³/mol. The van der Waals surface area contributed by atoms with Crippen molar-refractivity contribution in [3.8, 4) is 0 Å². The van der Waals surface area contributed by atoms with E-state index in [1.54, 1.807) is 4.90 Å². The predicted octanol–water partition coefficient (Wildman–Crippen LogP) is 0.0571. The standard InChI is InChI=1S/C21H24N4O4/c26-11-18(27)20-16-7-15(24-9-13-2-3-14(10-24)22-13)4-1-12(16)8-25(20)17-5-6-19(28)23-21(17)29/h1,4,7,11,13-14,17,20,22H,2-3,5-6,8-10H2,(H,23,28,29). The third-order valence-corrected chi connectivity index (χ3v) is 6.69. The van der Waals surface area contributed by atoms with E-state index >= 15 is 0 Å². The van der Waals surface area contributed by atoms with Crippen LogP contribution in [0.4, 0.5) is 5.69 Å². The van der Waals surface area contributed by atoms with Crippen molar-refractivity contribution < 1.29 is 19.2 Å². The smallest absolute Gasteiger partial charge is 0.243 e. The number of rotatable bonds is 4. The Bertz CT molecular complexity index is 889. The molecule has 0 saturated carbocycles. The molecule has 1 aromatic rings. The molecular weight excluding hydrogens is 372 g/mol. The van der Waals surface area contributed by atoms with Crippen molar-refractivity contribution in [1.82, 2.24) is 15.5 Å². The molecular formula is C21H24N4O4. The zero-order chi connectivity index (χ0) is 20.1. The first-order chi connectivity index (χ1) is 14.0. The lowest BCUT2D eigenvalue weighted by Crippen LogP contribution is -2.52. The van der Waals surface area contributed by atoms with Gasteiger partial charge in [-0.1, -0.05) is 6.07 Å². The van der Waals surface area contributed by atoms with Crippen molar-refractivity contribution in [2.24, 2.45) is 0 Å². The maximum atomic E-state index is 12.6. The summed E-state index contributed by atoms with van der Waals surface area (Å²) in [7, 11) is 0. The number of nitrogens with one attached hydrogen (secondary N) is 2. The second-order valence-corrected chi connectivity index (χ2v) is 8.49. The van der Waals surface area contributed by atoms with Gasteiger partial charge < -0.3 is 10.2 Å². The highest BCUT2D eigenvalue weighted by molar-refractivity contribution is 6.27. The Labute approximate surface area is 168 Å². The number of anilines is 1. The van der Waals surface area contributed by atoms with Crippen LogP contribution in [0.5, 0.6) is 0 Å². The summed E-state index contributed by atoms with van der Waals surface area (Å²) in [5.41, 5.74) is 2.81. The molecule has 2 bridgehead atoms. The van der Waals surface area contributed by atoms with E-state index in [2.05, 4.69) is 21.6 Å². The Kier molecular flexibility index (Phi) is 4.48. The number of nitrogens with zero attached hydrogens (tertiary/aromatic N) is 2. The number of carbonyl (C=O) groups is 4. The molecule has 4 aliphatic heterocycles. The minimum Gasteiger partial charge on any atom is -0.368 e. The second kappa shape index (κ2) is 7.03. The third kappa shape index (κ3) is 3.16. The summed E-state index contributed by atoms with van der Waals surface area (Å²) in [5, 5.41) is 5.97. The molecule has 0 spiro atoms. The van der Waals surface area contributed by atoms with Crippen molar-refractivity contribution >= 4 is 29.6 Å². The van der Waals surface area contributed by atoms with Gasteiger partial charge in [0.2, 0.25) is 17.6 Å². The van der Waals surface area contributed by atoms with Crippen LogP contribution in [0.3, 0.4) is 0 Å². The van der Waals surface area contributed by atoms with Crippen LogP contribution in [-0.4, -0.2) is 60.0 Å². The molecule has 4 heterocycles. The third-order valence-electron chi connectivity index (χ3n) is 6.69. The Morgan fingerprint density at radius 1 is 1.10 bits per heavy atom. The number of imide groups is 1. The number of hydrogen-bond acceptors (Lipinski definition) is 7. The fourth-order valence-electron chi connectivity index (χ4n) is 5.32. The highest BCUT2D eigenvalue weighted by Crippen LogP contribution is 2.39. The lowest BCUT2D eigenvalue weighted by atomic mass is 9.98. The van der Waals surface area contributed by atoms with E-state index in [0.29, 0.717) is 31.3 Å². The van der Waals surface area contributed by atoms with Crippen LogP contribution in [0.2, 0.25) is 0 Å². The summed E-state index contributed by atoms with van der Waals surface area (Å²) in [6.07, 6.45) is 3.30. The van der Waals surface area contributed by atoms with Gasteiger partial charge in [-0.2, -0.15) is 0 Å². The van der Waals surface area contributed by atoms with E-state index in [-0.39, 0.29) is 12.3 Å². The number of piperazine rings is 1. The largest absolute Gasteiger partial charge is 0.368 e. The molecule has 2 N–H and O–H groups in total. The number of benzene rings is 1. The Morgan fingerprint density at radius 3 is 2.55 bits per heavy atom. The molecule has 4 unspecified atom stereocenters. The molecule has 0 aromatic heterocycles. The molecule has 4 atom stereocenters. The van der Waals surface area contributed by atoms with Crippen LogP contribution < -0.4 is 15.5 Å². The van der Waals surface area contributed by atoms with Crippen LogP contribution in [0.15, 0.2) is 18.2 Å². The molecule has 2 amide bonds. The molecule has 3 saturated heterocycles. The highest BCUT2D eigenvalue weighted by Gasteiger charge is 2.43. The maximum Gasteiger partial charge on any atom is 0.243 e. The average Bonchev–Trinajstić information content (AvgIpc) is 3.26. The van der Waals surface area contributed by atoms with E-state index < -0.39 is 23.8 Å². The first kappa shape index (κ1) is 18.4. The molecule has 5 rings (SSSR count). The number of piperidine rings is 1. The van der Waals surface area contributed by atoms with Crippen molar-refractivity contribution in [3.63, 3.8) is 0 Å². The first-order valence-corrected chi connectivity index (χ1v) is 10.3. The van der Waals surface area contributed by atoms with Gasteiger partial charge in [0, 0.05) is 43.8 Å². The van der Waals surface area contributed by atoms with E-state index in [9.17, 15) is 19.2 Å². The van der Waals surface area contributed by atoms with Gasteiger partial charge in [-0.25, -0.2) is 0 Å². The molecule has 3 fully saturated rings. The summed E-state index contributed by atoms with van der Waals surface area (Å²) in [4.78, 5) is 52.0. The Morgan fingerprint density at radius 2 is 1.86 bits per heavy atom. The summed E-state index contributed by atoms with van der Waals surface area (Å²) < 4.78 is 0. The van der Waals surface area contributed by atoms with Crippen LogP contribution in [0, 0.1) is 0 Å². The van der Waals surface area contributed by atoms with Crippen molar-refractivity contribution in [1.29, 1.82) is 0 Å². The summed E-state index contributed by atoms with van der Waals surface area (Å²) in [6, 6.07) is 5.71. The van der Waals surface area contributed by atoms with Gasteiger partial charge in [-0.3, -0.25) is 29.4 Å². The van der Waals surface area contributed by atoms with E-state index in [1.807, 2.05) is 12.1 Å². The minimum absolute atomic E-state index is 0.236. The number of ketones is 1. The zero-order valence-corrected chi connectivity index (χ0v) is 16.1. The summed E-state index contributed by atoms with van der Waals surface area (Å²) in [5.74, 6) is -1.24. The molecule has 152 valence electrons. The van der Waals surface area contributed by atoms with E-state index in [0.717, 1.165) is 29.9 Å². The van der Waals surface area contributed by atoms with E-state index in [1.165, 1.54) is 12.8 Å². The van der Waals surface area contributed by atoms with Crippen LogP contribution in [0.25, 0.3) is 0 Å². The van der Waals surface area contributed by atoms with Crippen molar-refractivity contribution in [2.45, 2.75) is 56.4 Å². The van der Waals surface area contributed by atoms with Crippen molar-refractivity contribution in [2.75, 3.05) is 18.0 Å². The summed E-state index contributed by atoms with van der Waals surface area (Å²) in [6.45, 7) is 2.27. The molecule has 4 aliphatic rings. The number of aldehydes is 1. The number of hydrogen-bond donors (Lipinski definition) is 2. The minimum atomic E-state index is -0.772. The maximum absolute atomic E-state index is 12.6. The fraction of sp³-hybridized carbons (Fsp3) is 0.524. The topological polar surface area (TPSA) is 98.8 Å². The van der Waals surface area contributed by atoms with Crippen LogP contribution in [-0.2, 0) is 25.7 Å². The number of Topliss-reactive ketones (excluding diaryl/α,β-unsaturated/α-hetero) is 1.